The third-order valence-electron chi connectivity index (χ3n) is 2.57. The molecule has 0 atom stereocenters. The van der Waals surface area contributed by atoms with Crippen LogP contribution < -0.4 is 9.62 Å². The van der Waals surface area contributed by atoms with Crippen molar-refractivity contribution in [3.8, 4) is 0 Å². The second-order valence-corrected chi connectivity index (χ2v) is 5.99. The minimum Gasteiger partial charge on any atom is -0.320 e. The highest BCUT2D eigenvalue weighted by atomic mass is 32.2. The first kappa shape index (κ1) is 14.0. The number of benzene rings is 1. The lowest BCUT2D eigenvalue weighted by Gasteiger charge is -2.24. The van der Waals surface area contributed by atoms with Gasteiger partial charge in [-0.3, -0.25) is 4.31 Å². The Kier molecular flexibility index (Phi) is 4.96. The Morgan fingerprint density at radius 3 is 2.47 bits per heavy atom. The maximum absolute atomic E-state index is 11.8. The van der Waals surface area contributed by atoms with Gasteiger partial charge in [0.1, 0.15) is 0 Å². The highest BCUT2D eigenvalue weighted by Crippen LogP contribution is 2.21. The maximum Gasteiger partial charge on any atom is 0.232 e. The molecule has 0 bridgehead atoms. The van der Waals surface area contributed by atoms with Gasteiger partial charge in [-0.2, -0.15) is 0 Å². The zero-order valence-corrected chi connectivity index (χ0v) is 11.4. The van der Waals surface area contributed by atoms with Gasteiger partial charge < -0.3 is 5.32 Å². The largest absolute Gasteiger partial charge is 0.320 e. The molecule has 0 spiro atoms. The monoisotopic (exact) mass is 256 g/mol. The van der Waals surface area contributed by atoms with Gasteiger partial charge in [0.15, 0.2) is 0 Å². The van der Waals surface area contributed by atoms with E-state index in [9.17, 15) is 8.42 Å². The summed E-state index contributed by atoms with van der Waals surface area (Å²) in [5.74, 6) is 0. The summed E-state index contributed by atoms with van der Waals surface area (Å²) in [6.45, 7) is 3.23. The smallest absolute Gasteiger partial charge is 0.232 e. The van der Waals surface area contributed by atoms with Crippen LogP contribution >= 0.6 is 0 Å². The first-order chi connectivity index (χ1) is 7.96. The molecule has 0 aromatic heterocycles. The normalized spacial score (nSPS) is 11.5. The predicted molar refractivity (Wildman–Crippen MR) is 71.9 cm³/mol. The van der Waals surface area contributed by atoms with Crippen molar-refractivity contribution < 1.29 is 8.42 Å². The summed E-state index contributed by atoms with van der Waals surface area (Å²) in [4.78, 5) is 0. The van der Waals surface area contributed by atoms with Crippen LogP contribution in [0.5, 0.6) is 0 Å². The molecule has 0 aliphatic rings. The van der Waals surface area contributed by atoms with Crippen LogP contribution in [0.1, 0.15) is 12.0 Å². The van der Waals surface area contributed by atoms with Gasteiger partial charge in [-0.05, 0) is 38.6 Å². The number of para-hydroxylation sites is 1. The Morgan fingerprint density at radius 1 is 1.29 bits per heavy atom. The molecular weight excluding hydrogens is 236 g/mol. The number of hydrogen-bond acceptors (Lipinski definition) is 3. The van der Waals surface area contributed by atoms with Crippen molar-refractivity contribution >= 4 is 15.7 Å². The molecule has 1 N–H and O–H groups in total. The number of anilines is 1. The van der Waals surface area contributed by atoms with Crippen molar-refractivity contribution in [1.29, 1.82) is 0 Å². The molecule has 0 aliphatic heterocycles. The highest BCUT2D eigenvalue weighted by Gasteiger charge is 2.17. The quantitative estimate of drug-likeness (QED) is 0.782. The first-order valence-corrected chi connectivity index (χ1v) is 7.49. The second kappa shape index (κ2) is 6.02. The van der Waals surface area contributed by atoms with E-state index in [-0.39, 0.29) is 0 Å². The van der Waals surface area contributed by atoms with Crippen LogP contribution in [0.3, 0.4) is 0 Å². The number of nitrogens with zero attached hydrogens (tertiary/aromatic N) is 1. The van der Waals surface area contributed by atoms with Gasteiger partial charge in [0.25, 0.3) is 0 Å². The van der Waals surface area contributed by atoms with Gasteiger partial charge in [0.05, 0.1) is 11.9 Å². The maximum atomic E-state index is 11.8. The average Bonchev–Trinajstić information content (AvgIpc) is 2.24. The molecular formula is C12H20N2O2S. The van der Waals surface area contributed by atoms with Crippen LogP contribution in [0.25, 0.3) is 0 Å². The molecule has 5 heteroatoms. The van der Waals surface area contributed by atoms with Crippen molar-refractivity contribution in [3.63, 3.8) is 0 Å². The van der Waals surface area contributed by atoms with Crippen LogP contribution in [0.2, 0.25) is 0 Å². The number of nitrogens with one attached hydrogen (secondary N) is 1. The summed E-state index contributed by atoms with van der Waals surface area (Å²) in [5, 5.41) is 3.02. The summed E-state index contributed by atoms with van der Waals surface area (Å²) in [6, 6.07) is 7.53. The zero-order valence-electron chi connectivity index (χ0n) is 10.6. The molecule has 1 aromatic rings. The molecule has 0 radical (unpaired) electrons. The molecule has 0 fully saturated rings. The fourth-order valence-electron chi connectivity index (χ4n) is 1.71. The number of hydrogen-bond donors (Lipinski definition) is 1. The molecule has 1 aromatic carbocycles. The molecule has 0 amide bonds. The van der Waals surface area contributed by atoms with Gasteiger partial charge in [-0.1, -0.05) is 18.2 Å². The van der Waals surface area contributed by atoms with E-state index >= 15 is 0 Å². The van der Waals surface area contributed by atoms with Gasteiger partial charge >= 0.3 is 0 Å². The number of sulfonamides is 1. The Balaban J connectivity index is 2.96. The van der Waals surface area contributed by atoms with E-state index in [1.165, 1.54) is 10.6 Å². The van der Waals surface area contributed by atoms with Crippen molar-refractivity contribution in [2.24, 2.45) is 0 Å². The third kappa shape index (κ3) is 4.02. The molecule has 0 heterocycles. The standard InChI is InChI=1S/C12H20N2O2S/c1-11-7-4-5-8-12(11)14(17(3,15)16)10-6-9-13-2/h4-5,7-8,13H,6,9-10H2,1-3H3. The summed E-state index contributed by atoms with van der Waals surface area (Å²) < 4.78 is 25.0. The molecule has 4 nitrogen and oxygen atoms in total. The third-order valence-corrected chi connectivity index (χ3v) is 3.75. The number of aryl methyl sites for hydroxylation is 1. The highest BCUT2D eigenvalue weighted by molar-refractivity contribution is 7.92. The van der Waals surface area contributed by atoms with Gasteiger partial charge in [-0.15, -0.1) is 0 Å². The van der Waals surface area contributed by atoms with Crippen LogP contribution in [0.15, 0.2) is 24.3 Å². The van der Waals surface area contributed by atoms with Crippen LogP contribution in [-0.4, -0.2) is 34.8 Å². The molecule has 0 saturated heterocycles. The van der Waals surface area contributed by atoms with Crippen molar-refractivity contribution in [2.75, 3.05) is 30.7 Å². The summed E-state index contributed by atoms with van der Waals surface area (Å²) in [6.07, 6.45) is 2.04. The Bertz CT molecular complexity index is 457. The summed E-state index contributed by atoms with van der Waals surface area (Å²) in [7, 11) is -1.36. The topological polar surface area (TPSA) is 49.4 Å². The van der Waals surface area contributed by atoms with Gasteiger partial charge in [0.2, 0.25) is 10.0 Å². The van der Waals surface area contributed by atoms with E-state index in [4.69, 9.17) is 0 Å². The predicted octanol–water partition coefficient (Wildman–Crippen LogP) is 1.37. The fraction of sp³-hybridized carbons (Fsp3) is 0.500. The fourth-order valence-corrected chi connectivity index (χ4v) is 2.73. The minimum absolute atomic E-state index is 0.504. The van der Waals surface area contributed by atoms with Gasteiger partial charge in [0, 0.05) is 6.54 Å². The molecule has 17 heavy (non-hydrogen) atoms. The van der Waals surface area contributed by atoms with E-state index in [1.807, 2.05) is 38.2 Å². The Labute approximate surface area is 104 Å². The lowest BCUT2D eigenvalue weighted by molar-refractivity contribution is 0.593. The molecule has 0 saturated carbocycles. The van der Waals surface area contributed by atoms with Crippen LogP contribution in [-0.2, 0) is 10.0 Å². The number of rotatable bonds is 6. The van der Waals surface area contributed by atoms with E-state index in [1.54, 1.807) is 0 Å². The van der Waals surface area contributed by atoms with E-state index in [2.05, 4.69) is 5.32 Å². The van der Waals surface area contributed by atoms with E-state index in [0.29, 0.717) is 6.54 Å². The van der Waals surface area contributed by atoms with E-state index < -0.39 is 10.0 Å². The lowest BCUT2D eigenvalue weighted by Crippen LogP contribution is -2.32. The Morgan fingerprint density at radius 2 is 1.94 bits per heavy atom. The van der Waals surface area contributed by atoms with E-state index in [0.717, 1.165) is 24.2 Å². The molecule has 0 aliphatic carbocycles. The first-order valence-electron chi connectivity index (χ1n) is 5.64. The molecule has 96 valence electrons. The molecule has 0 unspecified atom stereocenters. The summed E-state index contributed by atoms with van der Waals surface area (Å²) >= 11 is 0. The van der Waals surface area contributed by atoms with Crippen LogP contribution in [0, 0.1) is 6.92 Å². The second-order valence-electron chi connectivity index (χ2n) is 4.08. The van der Waals surface area contributed by atoms with Gasteiger partial charge in [-0.25, -0.2) is 8.42 Å². The zero-order chi connectivity index (χ0) is 12.9. The van der Waals surface area contributed by atoms with Crippen molar-refractivity contribution in [3.05, 3.63) is 29.8 Å². The minimum atomic E-state index is -3.22. The average molecular weight is 256 g/mol. The Hall–Kier alpha value is -1.07. The van der Waals surface area contributed by atoms with Crippen LogP contribution in [0.4, 0.5) is 5.69 Å². The van der Waals surface area contributed by atoms with Crippen molar-refractivity contribution in [1.82, 2.24) is 5.32 Å². The molecule has 1 rings (SSSR count). The SMILES string of the molecule is CNCCCN(c1ccccc1C)S(C)(=O)=O. The summed E-state index contributed by atoms with van der Waals surface area (Å²) in [5.41, 5.74) is 1.74. The lowest BCUT2D eigenvalue weighted by atomic mass is 10.2. The van der Waals surface area contributed by atoms with Crippen molar-refractivity contribution in [2.45, 2.75) is 13.3 Å².